The summed E-state index contributed by atoms with van der Waals surface area (Å²) < 4.78 is 41.8. The lowest BCUT2D eigenvalue weighted by molar-refractivity contribution is -0.299. The maximum atomic E-state index is 11.6. The van der Waals surface area contributed by atoms with E-state index in [1.54, 1.807) is 0 Å². The maximum Gasteiger partial charge on any atom is 0.577 e. The van der Waals surface area contributed by atoms with E-state index in [9.17, 15) is 18.0 Å². The Hall–Kier alpha value is -2.12. The lowest BCUT2D eigenvalue weighted by Crippen LogP contribution is -2.20. The van der Waals surface area contributed by atoms with Crippen molar-refractivity contribution in [1.82, 2.24) is 0 Å². The molecule has 0 atom stereocenters. The van der Waals surface area contributed by atoms with Gasteiger partial charge in [-0.2, -0.15) is 0 Å². The van der Waals surface area contributed by atoms with Crippen LogP contribution in [0.15, 0.2) is 18.2 Å². The van der Waals surface area contributed by atoms with E-state index < -0.39 is 12.5 Å². The number of rotatable bonds is 3. The fraction of sp³-hybridized carbons (Fsp3) is 0.300. The molecule has 0 aliphatic heterocycles. The Labute approximate surface area is 99.4 Å². The summed E-state index contributed by atoms with van der Waals surface area (Å²) in [4.78, 5) is 10.5. The summed E-state index contributed by atoms with van der Waals surface area (Å²) in [6.07, 6.45) is -6.85. The molecule has 1 aromatic carbocycles. The summed E-state index contributed by atoms with van der Waals surface area (Å²) in [5, 5.41) is 18.1. The number of halogens is 3. The van der Waals surface area contributed by atoms with E-state index in [0.717, 1.165) is 0 Å². The van der Waals surface area contributed by atoms with Gasteiger partial charge in [-0.1, -0.05) is 6.07 Å². The van der Waals surface area contributed by atoms with E-state index in [2.05, 4.69) is 9.47 Å². The van der Waals surface area contributed by atoms with Gasteiger partial charge in [0.2, 0.25) is 0 Å². The number of carbonyl (C=O) groups is 1. The summed E-state index contributed by atoms with van der Waals surface area (Å²) in [5.41, 5.74) is 0.477. The number of hydrogen-bond acceptors (Lipinski definition) is 5. The van der Waals surface area contributed by atoms with Gasteiger partial charge in [0.1, 0.15) is 0 Å². The standard InChI is InChI=1S/C10H9F3O5/c11-10(12,13)18-9(16)17-4-3-6-1-2-7(14)8(15)5-6/h1-2,5,14-15H,3-4H2. The van der Waals surface area contributed by atoms with Crippen molar-refractivity contribution in [1.29, 1.82) is 0 Å². The number of phenols is 2. The van der Waals surface area contributed by atoms with Gasteiger partial charge >= 0.3 is 12.5 Å². The van der Waals surface area contributed by atoms with Gasteiger partial charge in [0.15, 0.2) is 11.5 Å². The largest absolute Gasteiger partial charge is 0.577 e. The van der Waals surface area contributed by atoms with E-state index in [-0.39, 0.29) is 24.5 Å². The van der Waals surface area contributed by atoms with Gasteiger partial charge in [-0.15, -0.1) is 13.2 Å². The Bertz CT molecular complexity index is 430. The minimum atomic E-state index is -5.08. The second-order valence-electron chi connectivity index (χ2n) is 3.22. The van der Waals surface area contributed by atoms with Gasteiger partial charge < -0.3 is 19.7 Å². The summed E-state index contributed by atoms with van der Waals surface area (Å²) in [7, 11) is 0. The highest BCUT2D eigenvalue weighted by molar-refractivity contribution is 5.60. The Morgan fingerprint density at radius 2 is 1.89 bits per heavy atom. The monoisotopic (exact) mass is 266 g/mol. The predicted octanol–water partition coefficient (Wildman–Crippen LogP) is 2.31. The fourth-order valence-corrected chi connectivity index (χ4v) is 1.10. The molecule has 5 nitrogen and oxygen atoms in total. The minimum absolute atomic E-state index is 0.0702. The lowest BCUT2D eigenvalue weighted by atomic mass is 10.1. The van der Waals surface area contributed by atoms with Crippen molar-refractivity contribution < 1.29 is 37.7 Å². The van der Waals surface area contributed by atoms with Crippen molar-refractivity contribution in [2.45, 2.75) is 12.8 Å². The van der Waals surface area contributed by atoms with Crippen LogP contribution >= 0.6 is 0 Å². The zero-order valence-electron chi connectivity index (χ0n) is 8.90. The van der Waals surface area contributed by atoms with Gasteiger partial charge in [-0.25, -0.2) is 4.79 Å². The number of hydrogen-bond donors (Lipinski definition) is 2. The van der Waals surface area contributed by atoms with Gasteiger partial charge in [0, 0.05) is 6.42 Å². The molecule has 0 saturated carbocycles. The first-order chi connectivity index (χ1) is 8.28. The van der Waals surface area contributed by atoms with E-state index in [0.29, 0.717) is 5.56 Å². The Morgan fingerprint density at radius 3 is 2.44 bits per heavy atom. The van der Waals surface area contributed by atoms with Crippen LogP contribution in [0.2, 0.25) is 0 Å². The first-order valence-corrected chi connectivity index (χ1v) is 4.71. The van der Waals surface area contributed by atoms with Gasteiger partial charge in [0.05, 0.1) is 6.61 Å². The van der Waals surface area contributed by atoms with Crippen LogP contribution in [0.1, 0.15) is 5.56 Å². The quantitative estimate of drug-likeness (QED) is 0.648. The van der Waals surface area contributed by atoms with Crippen LogP contribution in [0.3, 0.4) is 0 Å². The summed E-state index contributed by atoms with van der Waals surface area (Å²) in [6, 6.07) is 3.83. The highest BCUT2D eigenvalue weighted by Crippen LogP contribution is 2.25. The predicted molar refractivity (Wildman–Crippen MR) is 52.0 cm³/mol. The normalized spacial score (nSPS) is 11.1. The summed E-state index contributed by atoms with van der Waals surface area (Å²) in [6.45, 7) is -0.348. The second kappa shape index (κ2) is 5.48. The number of phenolic OH excluding ortho intramolecular Hbond substituents is 2. The van der Waals surface area contributed by atoms with E-state index in [1.807, 2.05) is 0 Å². The highest BCUT2D eigenvalue weighted by Gasteiger charge is 2.34. The smallest absolute Gasteiger partial charge is 0.504 e. The van der Waals surface area contributed by atoms with Crippen LogP contribution < -0.4 is 0 Å². The van der Waals surface area contributed by atoms with E-state index in [4.69, 9.17) is 10.2 Å². The van der Waals surface area contributed by atoms with Crippen molar-refractivity contribution in [2.24, 2.45) is 0 Å². The molecule has 0 aromatic heterocycles. The summed E-state index contributed by atoms with van der Waals surface area (Å²) >= 11 is 0. The maximum absolute atomic E-state index is 11.6. The van der Waals surface area contributed by atoms with E-state index in [1.165, 1.54) is 18.2 Å². The molecule has 0 radical (unpaired) electrons. The fourth-order valence-electron chi connectivity index (χ4n) is 1.10. The molecular formula is C10H9F3O5. The Kier molecular flexibility index (Phi) is 4.24. The summed E-state index contributed by atoms with van der Waals surface area (Å²) in [5.74, 6) is -0.693. The lowest BCUT2D eigenvalue weighted by Gasteiger charge is -2.08. The molecule has 0 aliphatic carbocycles. The molecule has 0 heterocycles. The third kappa shape index (κ3) is 4.81. The van der Waals surface area contributed by atoms with Crippen LogP contribution in [-0.4, -0.2) is 29.3 Å². The number of aromatic hydroxyl groups is 2. The molecule has 100 valence electrons. The zero-order valence-corrected chi connectivity index (χ0v) is 8.90. The third-order valence-corrected chi connectivity index (χ3v) is 1.85. The molecule has 1 aromatic rings. The second-order valence-corrected chi connectivity index (χ2v) is 3.22. The molecule has 0 fully saturated rings. The molecule has 0 saturated heterocycles. The minimum Gasteiger partial charge on any atom is -0.504 e. The van der Waals surface area contributed by atoms with Crippen LogP contribution in [0, 0.1) is 0 Å². The molecule has 0 spiro atoms. The van der Waals surface area contributed by atoms with Crippen molar-refractivity contribution in [2.75, 3.05) is 6.61 Å². The van der Waals surface area contributed by atoms with Crippen LogP contribution in [0.4, 0.5) is 18.0 Å². The van der Waals surface area contributed by atoms with Crippen LogP contribution in [0.5, 0.6) is 11.5 Å². The molecule has 18 heavy (non-hydrogen) atoms. The SMILES string of the molecule is O=C(OCCc1ccc(O)c(O)c1)OC(F)(F)F. The Morgan fingerprint density at radius 1 is 1.22 bits per heavy atom. The number of ether oxygens (including phenoxy) is 2. The highest BCUT2D eigenvalue weighted by atomic mass is 19.4. The Balaban J connectivity index is 2.38. The van der Waals surface area contributed by atoms with Crippen LogP contribution in [0.25, 0.3) is 0 Å². The van der Waals surface area contributed by atoms with Crippen molar-refractivity contribution in [3.63, 3.8) is 0 Å². The number of carbonyl (C=O) groups excluding carboxylic acids is 1. The average Bonchev–Trinajstić information content (AvgIpc) is 2.20. The van der Waals surface area contributed by atoms with Gasteiger partial charge in [-0.3, -0.25) is 0 Å². The molecule has 2 N–H and O–H groups in total. The number of benzene rings is 1. The van der Waals surface area contributed by atoms with Crippen molar-refractivity contribution in [3.8, 4) is 11.5 Å². The van der Waals surface area contributed by atoms with Crippen LogP contribution in [-0.2, 0) is 15.9 Å². The van der Waals surface area contributed by atoms with E-state index >= 15 is 0 Å². The molecule has 0 amide bonds. The topological polar surface area (TPSA) is 76.0 Å². The van der Waals surface area contributed by atoms with Crippen molar-refractivity contribution >= 4 is 6.16 Å². The molecule has 1 rings (SSSR count). The molecule has 0 bridgehead atoms. The number of alkyl halides is 3. The average molecular weight is 266 g/mol. The zero-order chi connectivity index (χ0) is 13.8. The van der Waals surface area contributed by atoms with Gasteiger partial charge in [0.25, 0.3) is 0 Å². The first-order valence-electron chi connectivity index (χ1n) is 4.71. The van der Waals surface area contributed by atoms with Gasteiger partial charge in [-0.05, 0) is 17.7 Å². The molecule has 0 unspecified atom stereocenters. The van der Waals surface area contributed by atoms with Crippen molar-refractivity contribution in [3.05, 3.63) is 23.8 Å². The molecular weight excluding hydrogens is 257 g/mol. The molecule has 0 aliphatic rings. The first kappa shape index (κ1) is 13.9. The molecule has 8 heteroatoms. The third-order valence-electron chi connectivity index (χ3n) is 1.85.